The Bertz CT molecular complexity index is 800. The molecule has 0 radical (unpaired) electrons. The SMILES string of the molecule is Cc1cnc(NCC2CCN(C(=O)OCc3ccc(F)cc3)CC2(F)F)cn1. The van der Waals surface area contributed by atoms with Crippen LogP contribution in [-0.4, -0.2) is 46.5 Å². The van der Waals surface area contributed by atoms with Crippen LogP contribution in [-0.2, 0) is 11.3 Å². The summed E-state index contributed by atoms with van der Waals surface area (Å²) in [5, 5.41) is 2.87. The Kier molecular flexibility index (Phi) is 6.01. The number of nitrogens with zero attached hydrogens (tertiary/aromatic N) is 3. The number of alkyl halides is 2. The number of hydrogen-bond acceptors (Lipinski definition) is 5. The van der Waals surface area contributed by atoms with Crippen LogP contribution >= 0.6 is 0 Å². The number of nitrogens with one attached hydrogen (secondary N) is 1. The number of aryl methyl sites for hydroxylation is 1. The summed E-state index contributed by atoms with van der Waals surface area (Å²) in [6.45, 7) is 1.18. The number of rotatable bonds is 5. The summed E-state index contributed by atoms with van der Waals surface area (Å²) in [6, 6.07) is 5.44. The van der Waals surface area contributed by atoms with Gasteiger partial charge in [0.15, 0.2) is 0 Å². The highest BCUT2D eigenvalue weighted by Crippen LogP contribution is 2.33. The van der Waals surface area contributed by atoms with E-state index in [1.807, 2.05) is 0 Å². The molecule has 9 heteroatoms. The molecule has 0 saturated carbocycles. The van der Waals surface area contributed by atoms with Crippen molar-refractivity contribution in [3.8, 4) is 0 Å². The van der Waals surface area contributed by atoms with Crippen molar-refractivity contribution >= 4 is 11.9 Å². The van der Waals surface area contributed by atoms with Gasteiger partial charge in [-0.25, -0.2) is 22.9 Å². The maximum atomic E-state index is 14.5. The third-order valence-corrected chi connectivity index (χ3v) is 4.59. The normalized spacial score (nSPS) is 18.6. The lowest BCUT2D eigenvalue weighted by molar-refractivity contribution is -0.101. The van der Waals surface area contributed by atoms with Crippen molar-refractivity contribution in [2.24, 2.45) is 5.92 Å². The average molecular weight is 394 g/mol. The smallest absolute Gasteiger partial charge is 0.410 e. The molecule has 1 aromatic heterocycles. The first kappa shape index (κ1) is 19.9. The van der Waals surface area contributed by atoms with Gasteiger partial charge in [-0.15, -0.1) is 0 Å². The predicted octanol–water partition coefficient (Wildman–Crippen LogP) is 3.63. The van der Waals surface area contributed by atoms with E-state index in [0.717, 1.165) is 10.6 Å². The largest absolute Gasteiger partial charge is 0.445 e. The van der Waals surface area contributed by atoms with E-state index >= 15 is 0 Å². The fraction of sp³-hybridized carbons (Fsp3) is 0.421. The van der Waals surface area contributed by atoms with Gasteiger partial charge in [-0.05, 0) is 31.0 Å². The highest BCUT2D eigenvalue weighted by atomic mass is 19.3. The molecule has 1 fully saturated rings. The van der Waals surface area contributed by atoms with Gasteiger partial charge in [0.05, 0.1) is 24.6 Å². The third-order valence-electron chi connectivity index (χ3n) is 4.59. The van der Waals surface area contributed by atoms with Gasteiger partial charge in [-0.1, -0.05) is 12.1 Å². The molecule has 1 aromatic carbocycles. The van der Waals surface area contributed by atoms with Gasteiger partial charge in [-0.3, -0.25) is 4.98 Å². The Morgan fingerprint density at radius 1 is 1.29 bits per heavy atom. The number of benzene rings is 1. The number of carbonyl (C=O) groups is 1. The number of hydrogen-bond donors (Lipinski definition) is 1. The lowest BCUT2D eigenvalue weighted by Crippen LogP contribution is -2.52. The molecule has 1 saturated heterocycles. The quantitative estimate of drug-likeness (QED) is 0.839. The Hall–Kier alpha value is -2.84. The standard InChI is InChI=1S/C19H21F3N4O2/c1-13-8-24-17(10-23-13)25-9-15-6-7-26(12-19(15,21)22)18(27)28-11-14-2-4-16(20)5-3-14/h2-5,8,10,15H,6-7,9,11-12H2,1H3,(H,24,25). The van der Waals surface area contributed by atoms with Crippen molar-refractivity contribution in [2.75, 3.05) is 25.0 Å². The number of carbonyl (C=O) groups excluding carboxylic acids is 1. The molecule has 0 bridgehead atoms. The van der Waals surface area contributed by atoms with Crippen molar-refractivity contribution in [3.63, 3.8) is 0 Å². The van der Waals surface area contributed by atoms with Gasteiger partial charge >= 0.3 is 6.09 Å². The number of halogens is 3. The van der Waals surface area contributed by atoms with Crippen LogP contribution in [0.5, 0.6) is 0 Å². The minimum atomic E-state index is -3.06. The van der Waals surface area contributed by atoms with E-state index in [4.69, 9.17) is 4.74 Å². The topological polar surface area (TPSA) is 67.4 Å². The maximum absolute atomic E-state index is 14.5. The second-order valence-electron chi connectivity index (χ2n) is 6.77. The summed E-state index contributed by atoms with van der Waals surface area (Å²) < 4.78 is 46.9. The molecule has 2 aromatic rings. The van der Waals surface area contributed by atoms with Crippen molar-refractivity contribution in [2.45, 2.75) is 25.9 Å². The van der Waals surface area contributed by atoms with Crippen molar-refractivity contribution in [1.29, 1.82) is 0 Å². The van der Waals surface area contributed by atoms with Crippen LogP contribution < -0.4 is 5.32 Å². The summed E-state index contributed by atoms with van der Waals surface area (Å²) >= 11 is 0. The molecule has 1 atom stereocenters. The lowest BCUT2D eigenvalue weighted by atomic mass is 9.93. The Labute approximate surface area is 160 Å². The molecule has 150 valence electrons. The number of amides is 1. The molecular formula is C19H21F3N4O2. The summed E-state index contributed by atoms with van der Waals surface area (Å²) in [5.74, 6) is -3.96. The fourth-order valence-corrected chi connectivity index (χ4v) is 2.92. The van der Waals surface area contributed by atoms with Gasteiger partial charge in [0, 0.05) is 19.0 Å². The highest BCUT2D eigenvalue weighted by Gasteiger charge is 2.46. The van der Waals surface area contributed by atoms with Crippen LogP contribution in [0.2, 0.25) is 0 Å². The van der Waals surface area contributed by atoms with Gasteiger partial charge in [-0.2, -0.15) is 0 Å². The molecule has 1 amide bonds. The van der Waals surface area contributed by atoms with Crippen molar-refractivity contribution in [1.82, 2.24) is 14.9 Å². The molecular weight excluding hydrogens is 373 g/mol. The second kappa shape index (κ2) is 8.45. The van der Waals surface area contributed by atoms with Crippen LogP contribution in [0.15, 0.2) is 36.7 Å². The van der Waals surface area contributed by atoms with E-state index in [9.17, 15) is 18.0 Å². The predicted molar refractivity (Wildman–Crippen MR) is 96.5 cm³/mol. The molecule has 1 aliphatic heterocycles. The summed E-state index contributed by atoms with van der Waals surface area (Å²) in [6.07, 6.45) is 2.38. The molecule has 0 aliphatic carbocycles. The molecule has 1 N–H and O–H groups in total. The molecule has 28 heavy (non-hydrogen) atoms. The van der Waals surface area contributed by atoms with Crippen LogP contribution in [0.4, 0.5) is 23.8 Å². The van der Waals surface area contributed by atoms with Crippen molar-refractivity contribution in [3.05, 3.63) is 53.7 Å². The van der Waals surface area contributed by atoms with E-state index in [1.165, 1.54) is 30.5 Å². The van der Waals surface area contributed by atoms with E-state index in [1.54, 1.807) is 13.1 Å². The van der Waals surface area contributed by atoms with Crippen LogP contribution in [0.1, 0.15) is 17.7 Å². The number of aromatic nitrogens is 2. The Balaban J connectivity index is 1.49. The minimum Gasteiger partial charge on any atom is -0.445 e. The van der Waals surface area contributed by atoms with E-state index in [0.29, 0.717) is 11.4 Å². The monoisotopic (exact) mass is 394 g/mol. The lowest BCUT2D eigenvalue weighted by Gasteiger charge is -2.37. The molecule has 3 rings (SSSR count). The molecule has 1 aliphatic rings. The zero-order chi connectivity index (χ0) is 20.1. The summed E-state index contributed by atoms with van der Waals surface area (Å²) in [4.78, 5) is 21.3. The molecule has 1 unspecified atom stereocenters. The van der Waals surface area contributed by atoms with Gasteiger partial charge in [0.2, 0.25) is 0 Å². The maximum Gasteiger partial charge on any atom is 0.410 e. The van der Waals surface area contributed by atoms with Crippen LogP contribution in [0, 0.1) is 18.7 Å². The number of ether oxygens (including phenoxy) is 1. The Morgan fingerprint density at radius 2 is 2.04 bits per heavy atom. The molecule has 0 spiro atoms. The summed E-state index contributed by atoms with van der Waals surface area (Å²) in [5.41, 5.74) is 1.32. The van der Waals surface area contributed by atoms with Gasteiger partial charge < -0.3 is 15.0 Å². The molecule has 2 heterocycles. The third kappa shape index (κ3) is 5.11. The van der Waals surface area contributed by atoms with Crippen LogP contribution in [0.3, 0.4) is 0 Å². The first-order valence-electron chi connectivity index (χ1n) is 8.90. The average Bonchev–Trinajstić information content (AvgIpc) is 2.67. The van der Waals surface area contributed by atoms with Gasteiger partial charge in [0.25, 0.3) is 5.92 Å². The minimum absolute atomic E-state index is 0.0310. The number of anilines is 1. The molecule has 6 nitrogen and oxygen atoms in total. The highest BCUT2D eigenvalue weighted by molar-refractivity contribution is 5.68. The first-order valence-corrected chi connectivity index (χ1v) is 8.90. The van der Waals surface area contributed by atoms with E-state index in [2.05, 4.69) is 15.3 Å². The zero-order valence-corrected chi connectivity index (χ0v) is 15.4. The number of likely N-dealkylation sites (tertiary alicyclic amines) is 1. The van der Waals surface area contributed by atoms with E-state index < -0.39 is 30.3 Å². The first-order chi connectivity index (χ1) is 13.3. The van der Waals surface area contributed by atoms with E-state index in [-0.39, 0.29) is 26.1 Å². The zero-order valence-electron chi connectivity index (χ0n) is 15.4. The Morgan fingerprint density at radius 3 is 2.68 bits per heavy atom. The van der Waals surface area contributed by atoms with Gasteiger partial charge in [0.1, 0.15) is 18.2 Å². The second-order valence-corrected chi connectivity index (χ2v) is 6.77. The summed E-state index contributed by atoms with van der Waals surface area (Å²) in [7, 11) is 0. The van der Waals surface area contributed by atoms with Crippen LogP contribution in [0.25, 0.3) is 0 Å². The fourth-order valence-electron chi connectivity index (χ4n) is 2.92. The van der Waals surface area contributed by atoms with Crippen molar-refractivity contribution < 1.29 is 22.7 Å². The number of piperidine rings is 1.